The van der Waals surface area contributed by atoms with Gasteiger partial charge in [0.1, 0.15) is 6.04 Å². The molecule has 18 heavy (non-hydrogen) atoms. The molecule has 0 saturated carbocycles. The molecule has 4 nitrogen and oxygen atoms in total. The number of hydrogen-bond acceptors (Lipinski definition) is 4. The first-order valence-corrected chi connectivity index (χ1v) is 5.55. The molecular weight excluding hydrogens is 230 g/mol. The second kappa shape index (κ2) is 7.49. The van der Waals surface area contributed by atoms with E-state index in [0.717, 1.165) is 11.1 Å². The lowest BCUT2D eigenvalue weighted by Gasteiger charge is -2.16. The fraction of sp³-hybridized carbons (Fsp3) is 0.357. The minimum atomic E-state index is -0.553. The maximum atomic E-state index is 11.7. The van der Waals surface area contributed by atoms with Crippen LogP contribution in [0.1, 0.15) is 17.2 Å². The zero-order chi connectivity index (χ0) is 13.4. The van der Waals surface area contributed by atoms with E-state index in [1.807, 2.05) is 24.3 Å². The second-order valence-electron chi connectivity index (χ2n) is 3.72. The van der Waals surface area contributed by atoms with Crippen molar-refractivity contribution in [2.75, 3.05) is 20.8 Å². The zero-order valence-corrected chi connectivity index (χ0v) is 10.6. The summed E-state index contributed by atoms with van der Waals surface area (Å²) in [6.07, 6.45) is 5.19. The molecule has 0 fully saturated rings. The van der Waals surface area contributed by atoms with E-state index < -0.39 is 6.04 Å². The number of benzene rings is 1. The Morgan fingerprint density at radius 2 is 2.28 bits per heavy atom. The quantitative estimate of drug-likeness (QED) is 0.607. The monoisotopic (exact) mass is 247 g/mol. The van der Waals surface area contributed by atoms with Gasteiger partial charge in [0.2, 0.25) is 0 Å². The van der Waals surface area contributed by atoms with Crippen LogP contribution in [0.25, 0.3) is 0 Å². The summed E-state index contributed by atoms with van der Waals surface area (Å²) in [6.45, 7) is 0.797. The van der Waals surface area contributed by atoms with Gasteiger partial charge in [0.05, 0.1) is 20.3 Å². The highest BCUT2D eigenvalue weighted by atomic mass is 16.5. The van der Waals surface area contributed by atoms with Crippen LogP contribution in [0.3, 0.4) is 0 Å². The van der Waals surface area contributed by atoms with Crippen LogP contribution < -0.4 is 5.32 Å². The van der Waals surface area contributed by atoms with Crippen molar-refractivity contribution in [2.45, 2.75) is 12.6 Å². The van der Waals surface area contributed by atoms with Crippen molar-refractivity contribution < 1.29 is 14.3 Å². The van der Waals surface area contributed by atoms with Gasteiger partial charge in [0.25, 0.3) is 0 Å². The fourth-order valence-corrected chi connectivity index (χ4v) is 1.65. The number of methoxy groups -OCH3 is 2. The Labute approximate surface area is 107 Å². The maximum Gasteiger partial charge on any atom is 0.327 e. The molecule has 1 aromatic rings. The third-order valence-corrected chi connectivity index (χ3v) is 2.44. The van der Waals surface area contributed by atoms with Crippen LogP contribution in [0.15, 0.2) is 24.3 Å². The van der Waals surface area contributed by atoms with Crippen molar-refractivity contribution in [1.29, 1.82) is 0 Å². The average molecular weight is 247 g/mol. The number of hydrogen-bond donors (Lipinski definition) is 1. The van der Waals surface area contributed by atoms with Gasteiger partial charge in [-0.05, 0) is 11.1 Å². The molecule has 0 aliphatic carbocycles. The number of esters is 1. The van der Waals surface area contributed by atoms with Gasteiger partial charge in [0.15, 0.2) is 0 Å². The average Bonchev–Trinajstić information content (AvgIpc) is 2.39. The Bertz CT molecular complexity index is 437. The molecule has 0 aliphatic heterocycles. The Balaban J connectivity index is 2.93. The highest BCUT2D eigenvalue weighted by Gasteiger charge is 2.20. The SMILES string of the molecule is C#CCNC(C(=O)OC)c1cccc(COC)c1. The lowest BCUT2D eigenvalue weighted by molar-refractivity contribution is -0.143. The third-order valence-electron chi connectivity index (χ3n) is 2.44. The molecule has 0 aliphatic rings. The molecule has 1 N–H and O–H groups in total. The first-order valence-electron chi connectivity index (χ1n) is 5.55. The van der Waals surface area contributed by atoms with E-state index in [1.165, 1.54) is 7.11 Å². The molecule has 0 radical (unpaired) electrons. The van der Waals surface area contributed by atoms with Crippen molar-refractivity contribution in [3.63, 3.8) is 0 Å². The van der Waals surface area contributed by atoms with Crippen molar-refractivity contribution in [1.82, 2.24) is 5.32 Å². The molecule has 96 valence electrons. The van der Waals surface area contributed by atoms with E-state index in [0.29, 0.717) is 13.2 Å². The van der Waals surface area contributed by atoms with Gasteiger partial charge in [-0.25, -0.2) is 4.79 Å². The number of terminal acetylenes is 1. The number of carbonyl (C=O) groups is 1. The van der Waals surface area contributed by atoms with Crippen molar-refractivity contribution in [2.24, 2.45) is 0 Å². The summed E-state index contributed by atoms with van der Waals surface area (Å²) in [7, 11) is 2.98. The van der Waals surface area contributed by atoms with Gasteiger partial charge >= 0.3 is 5.97 Å². The maximum absolute atomic E-state index is 11.7. The van der Waals surface area contributed by atoms with Crippen molar-refractivity contribution in [3.8, 4) is 12.3 Å². The number of carbonyl (C=O) groups excluding carboxylic acids is 1. The predicted molar refractivity (Wildman–Crippen MR) is 68.7 cm³/mol. The lowest BCUT2D eigenvalue weighted by atomic mass is 10.0. The van der Waals surface area contributed by atoms with E-state index in [2.05, 4.69) is 11.2 Å². The van der Waals surface area contributed by atoms with Crippen LogP contribution in [0.2, 0.25) is 0 Å². The van der Waals surface area contributed by atoms with E-state index >= 15 is 0 Å². The van der Waals surface area contributed by atoms with E-state index in [1.54, 1.807) is 7.11 Å². The molecule has 1 aromatic carbocycles. The molecule has 4 heteroatoms. The summed E-state index contributed by atoms with van der Waals surface area (Å²) >= 11 is 0. The molecule has 0 amide bonds. The Kier molecular flexibility index (Phi) is 5.92. The molecular formula is C14H17NO3. The molecule has 1 unspecified atom stereocenters. The minimum Gasteiger partial charge on any atom is -0.468 e. The normalized spacial score (nSPS) is 11.6. The predicted octanol–water partition coefficient (Wildman–Crippen LogP) is 1.27. The summed E-state index contributed by atoms with van der Waals surface area (Å²) in [5.74, 6) is 2.08. The van der Waals surface area contributed by atoms with Gasteiger partial charge < -0.3 is 9.47 Å². The summed E-state index contributed by atoms with van der Waals surface area (Å²) in [6, 6.07) is 7.00. The van der Waals surface area contributed by atoms with Gasteiger partial charge in [-0.3, -0.25) is 5.32 Å². The molecule has 1 rings (SSSR count). The summed E-state index contributed by atoms with van der Waals surface area (Å²) in [5.41, 5.74) is 1.80. The zero-order valence-electron chi connectivity index (χ0n) is 10.6. The summed E-state index contributed by atoms with van der Waals surface area (Å²) < 4.78 is 9.82. The van der Waals surface area contributed by atoms with Crippen LogP contribution in [0.4, 0.5) is 0 Å². The van der Waals surface area contributed by atoms with E-state index in [9.17, 15) is 4.79 Å². The van der Waals surface area contributed by atoms with Crippen LogP contribution in [0, 0.1) is 12.3 Å². The minimum absolute atomic E-state index is 0.300. The molecule has 0 spiro atoms. The first kappa shape index (κ1) is 14.2. The van der Waals surface area contributed by atoms with Crippen LogP contribution in [-0.2, 0) is 20.9 Å². The smallest absolute Gasteiger partial charge is 0.327 e. The van der Waals surface area contributed by atoms with Gasteiger partial charge in [-0.15, -0.1) is 6.42 Å². The number of nitrogens with one attached hydrogen (secondary N) is 1. The van der Waals surface area contributed by atoms with Crippen molar-refractivity contribution >= 4 is 5.97 Å². The van der Waals surface area contributed by atoms with Gasteiger partial charge in [-0.1, -0.05) is 30.2 Å². The standard InChI is InChI=1S/C14H17NO3/c1-4-8-15-13(14(16)18-3)12-7-5-6-11(9-12)10-17-2/h1,5-7,9,13,15H,8,10H2,2-3H3. The largest absolute Gasteiger partial charge is 0.468 e. The van der Waals surface area contributed by atoms with E-state index in [-0.39, 0.29) is 5.97 Å². The van der Waals surface area contributed by atoms with Crippen LogP contribution >= 0.6 is 0 Å². The molecule has 1 atom stereocenters. The van der Waals surface area contributed by atoms with Gasteiger partial charge in [-0.2, -0.15) is 0 Å². The van der Waals surface area contributed by atoms with Crippen LogP contribution in [0.5, 0.6) is 0 Å². The molecule has 0 bridgehead atoms. The van der Waals surface area contributed by atoms with E-state index in [4.69, 9.17) is 15.9 Å². The third kappa shape index (κ3) is 3.88. The molecule has 0 saturated heterocycles. The Morgan fingerprint density at radius 3 is 2.89 bits per heavy atom. The number of rotatable bonds is 6. The topological polar surface area (TPSA) is 47.6 Å². The fourth-order valence-electron chi connectivity index (χ4n) is 1.65. The molecule has 0 aromatic heterocycles. The van der Waals surface area contributed by atoms with Crippen molar-refractivity contribution in [3.05, 3.63) is 35.4 Å². The number of ether oxygens (including phenoxy) is 2. The van der Waals surface area contributed by atoms with Gasteiger partial charge in [0, 0.05) is 7.11 Å². The van der Waals surface area contributed by atoms with Crippen LogP contribution in [-0.4, -0.2) is 26.7 Å². The highest BCUT2D eigenvalue weighted by molar-refractivity contribution is 5.77. The Hall–Kier alpha value is -1.83. The highest BCUT2D eigenvalue weighted by Crippen LogP contribution is 2.16. The molecule has 0 heterocycles. The summed E-state index contributed by atoms with van der Waals surface area (Å²) in [5, 5.41) is 2.95. The lowest BCUT2D eigenvalue weighted by Crippen LogP contribution is -2.30. The summed E-state index contributed by atoms with van der Waals surface area (Å²) in [4.78, 5) is 11.7. The Morgan fingerprint density at radius 1 is 1.50 bits per heavy atom. The second-order valence-corrected chi connectivity index (χ2v) is 3.72. The first-order chi connectivity index (χ1) is 8.72.